The number of methoxy groups -OCH3 is 2. The fourth-order valence-corrected chi connectivity index (χ4v) is 1.97. The van der Waals surface area contributed by atoms with E-state index >= 15 is 0 Å². The van der Waals surface area contributed by atoms with Crippen molar-refractivity contribution in [3.8, 4) is 23.0 Å². The minimum Gasteiger partial charge on any atom is -0.493 e. The number of aromatic nitrogens is 1. The lowest BCUT2D eigenvalue weighted by Crippen LogP contribution is -1.93. The van der Waals surface area contributed by atoms with Crippen molar-refractivity contribution >= 4 is 11.6 Å². The number of benzene rings is 1. The van der Waals surface area contributed by atoms with E-state index in [0.717, 1.165) is 11.3 Å². The maximum absolute atomic E-state index is 5.79. The van der Waals surface area contributed by atoms with Gasteiger partial charge >= 0.3 is 0 Å². The quantitative estimate of drug-likeness (QED) is 0.797. The van der Waals surface area contributed by atoms with Crippen LogP contribution in [0.25, 0.3) is 11.5 Å². The van der Waals surface area contributed by atoms with Crippen molar-refractivity contribution in [3.63, 3.8) is 0 Å². The number of rotatable bonds is 4. The van der Waals surface area contributed by atoms with Crippen LogP contribution in [0.15, 0.2) is 22.6 Å². The molecule has 0 aliphatic carbocycles. The third kappa shape index (κ3) is 2.16. The summed E-state index contributed by atoms with van der Waals surface area (Å²) in [7, 11) is 3.17. The summed E-state index contributed by atoms with van der Waals surface area (Å²) in [5, 5.41) is 0. The van der Waals surface area contributed by atoms with Crippen LogP contribution in [0.2, 0.25) is 0 Å². The maximum atomic E-state index is 5.79. The highest BCUT2D eigenvalue weighted by Crippen LogP contribution is 2.37. The largest absolute Gasteiger partial charge is 0.493 e. The minimum absolute atomic E-state index is 0.321. The van der Waals surface area contributed by atoms with Gasteiger partial charge in [-0.25, -0.2) is 4.98 Å². The number of hydrogen-bond acceptors (Lipinski definition) is 4. The van der Waals surface area contributed by atoms with E-state index in [0.29, 0.717) is 29.0 Å². The molecule has 96 valence electrons. The predicted octanol–water partition coefficient (Wildman–Crippen LogP) is 3.41. The Bertz CT molecular complexity index is 551. The zero-order valence-electron chi connectivity index (χ0n) is 10.5. The Morgan fingerprint density at radius 2 is 2.06 bits per heavy atom. The lowest BCUT2D eigenvalue weighted by molar-refractivity contribution is 0.355. The van der Waals surface area contributed by atoms with Crippen LogP contribution in [0.5, 0.6) is 11.5 Å². The van der Waals surface area contributed by atoms with Gasteiger partial charge in [0.15, 0.2) is 11.5 Å². The number of alkyl halides is 1. The average molecular weight is 268 g/mol. The van der Waals surface area contributed by atoms with Crippen molar-refractivity contribution in [2.75, 3.05) is 14.2 Å². The van der Waals surface area contributed by atoms with Crippen molar-refractivity contribution in [1.82, 2.24) is 4.98 Å². The molecule has 0 aliphatic heterocycles. The molecule has 0 amide bonds. The summed E-state index contributed by atoms with van der Waals surface area (Å²) in [4.78, 5) is 4.35. The minimum atomic E-state index is 0.321. The zero-order chi connectivity index (χ0) is 13.1. The first-order chi connectivity index (χ1) is 8.71. The van der Waals surface area contributed by atoms with Crippen LogP contribution in [0.3, 0.4) is 0 Å². The van der Waals surface area contributed by atoms with Crippen molar-refractivity contribution in [3.05, 3.63) is 29.7 Å². The molecule has 4 nitrogen and oxygen atoms in total. The second kappa shape index (κ2) is 5.31. The molecule has 5 heteroatoms. The third-order valence-corrected chi connectivity index (χ3v) is 2.91. The van der Waals surface area contributed by atoms with Crippen LogP contribution in [-0.2, 0) is 5.88 Å². The molecule has 0 unspecified atom stereocenters. The van der Waals surface area contributed by atoms with Gasteiger partial charge in [0.25, 0.3) is 0 Å². The van der Waals surface area contributed by atoms with Gasteiger partial charge in [0.05, 0.1) is 31.4 Å². The molecule has 0 radical (unpaired) electrons. The Hall–Kier alpha value is -1.68. The van der Waals surface area contributed by atoms with Crippen molar-refractivity contribution < 1.29 is 13.9 Å². The lowest BCUT2D eigenvalue weighted by atomic mass is 10.2. The van der Waals surface area contributed by atoms with Crippen molar-refractivity contribution in [2.45, 2.75) is 12.8 Å². The molecule has 0 N–H and O–H groups in total. The van der Waals surface area contributed by atoms with Gasteiger partial charge in [-0.05, 0) is 19.1 Å². The number of ether oxygens (including phenoxy) is 2. The van der Waals surface area contributed by atoms with Gasteiger partial charge in [-0.2, -0.15) is 0 Å². The predicted molar refractivity (Wildman–Crippen MR) is 69.3 cm³/mol. The summed E-state index contributed by atoms with van der Waals surface area (Å²) in [5.74, 6) is 2.76. The molecule has 1 heterocycles. The molecule has 0 saturated carbocycles. The molecule has 0 fully saturated rings. The van der Waals surface area contributed by atoms with E-state index in [1.165, 1.54) is 0 Å². The van der Waals surface area contributed by atoms with Crippen LogP contribution >= 0.6 is 11.6 Å². The van der Waals surface area contributed by atoms with Gasteiger partial charge < -0.3 is 13.9 Å². The molecule has 0 aliphatic rings. The maximum Gasteiger partial charge on any atom is 0.230 e. The standard InChI is InChI=1S/C13H14ClNO3/c1-8-10(7-14)15-13(18-8)9-5-4-6-11(16-2)12(9)17-3/h4-6H,7H2,1-3H3. The molecule has 0 saturated heterocycles. The third-order valence-electron chi connectivity index (χ3n) is 2.65. The van der Waals surface area contributed by atoms with Gasteiger partial charge in [-0.15, -0.1) is 11.6 Å². The second-order valence-corrected chi connectivity index (χ2v) is 3.96. The molecular formula is C13H14ClNO3. The van der Waals surface area contributed by atoms with Crippen LogP contribution in [-0.4, -0.2) is 19.2 Å². The van der Waals surface area contributed by atoms with Gasteiger partial charge in [-0.3, -0.25) is 0 Å². The highest BCUT2D eigenvalue weighted by molar-refractivity contribution is 6.17. The first kappa shape index (κ1) is 12.8. The molecule has 0 bridgehead atoms. The van der Waals surface area contributed by atoms with Crippen molar-refractivity contribution in [2.24, 2.45) is 0 Å². The number of oxazole rings is 1. The molecule has 2 aromatic rings. The van der Waals surface area contributed by atoms with E-state index in [4.69, 9.17) is 25.5 Å². The molecule has 18 heavy (non-hydrogen) atoms. The molecule has 2 rings (SSSR count). The highest BCUT2D eigenvalue weighted by Gasteiger charge is 2.17. The Labute approximate surface area is 110 Å². The van der Waals surface area contributed by atoms with E-state index in [1.807, 2.05) is 25.1 Å². The molecule has 1 aromatic heterocycles. The van der Waals surface area contributed by atoms with E-state index < -0.39 is 0 Å². The number of halogens is 1. The number of para-hydroxylation sites is 1. The monoisotopic (exact) mass is 267 g/mol. The number of nitrogens with zero attached hydrogens (tertiary/aromatic N) is 1. The zero-order valence-corrected chi connectivity index (χ0v) is 11.2. The van der Waals surface area contributed by atoms with Gasteiger partial charge in [0.2, 0.25) is 5.89 Å². The van der Waals surface area contributed by atoms with Crippen LogP contribution in [0.4, 0.5) is 0 Å². The topological polar surface area (TPSA) is 44.5 Å². The number of aryl methyl sites for hydroxylation is 1. The Kier molecular flexibility index (Phi) is 3.77. The molecule has 0 atom stereocenters. The smallest absolute Gasteiger partial charge is 0.230 e. The van der Waals surface area contributed by atoms with E-state index in [1.54, 1.807) is 14.2 Å². The van der Waals surface area contributed by atoms with Gasteiger partial charge in [0.1, 0.15) is 5.76 Å². The fraction of sp³-hybridized carbons (Fsp3) is 0.308. The first-order valence-electron chi connectivity index (χ1n) is 5.45. The first-order valence-corrected chi connectivity index (χ1v) is 5.98. The highest BCUT2D eigenvalue weighted by atomic mass is 35.5. The summed E-state index contributed by atoms with van der Waals surface area (Å²) in [5.41, 5.74) is 1.48. The Morgan fingerprint density at radius 3 is 2.61 bits per heavy atom. The van der Waals surface area contributed by atoms with Crippen molar-refractivity contribution in [1.29, 1.82) is 0 Å². The van der Waals surface area contributed by atoms with Gasteiger partial charge in [0, 0.05) is 0 Å². The summed E-state index contributed by atoms with van der Waals surface area (Å²) < 4.78 is 16.2. The average Bonchev–Trinajstić information content (AvgIpc) is 2.78. The van der Waals surface area contributed by atoms with Crippen LogP contribution in [0, 0.1) is 6.92 Å². The molecular weight excluding hydrogens is 254 g/mol. The lowest BCUT2D eigenvalue weighted by Gasteiger charge is -2.09. The summed E-state index contributed by atoms with van der Waals surface area (Å²) >= 11 is 5.79. The van der Waals surface area contributed by atoms with E-state index in [9.17, 15) is 0 Å². The Balaban J connectivity index is 2.55. The number of hydrogen-bond donors (Lipinski definition) is 0. The SMILES string of the molecule is COc1cccc(-c2nc(CCl)c(C)o2)c1OC. The summed E-state index contributed by atoms with van der Waals surface area (Å²) in [6.45, 7) is 1.83. The van der Waals surface area contributed by atoms with Crippen LogP contribution in [0.1, 0.15) is 11.5 Å². The Morgan fingerprint density at radius 1 is 1.28 bits per heavy atom. The van der Waals surface area contributed by atoms with Crippen LogP contribution < -0.4 is 9.47 Å². The van der Waals surface area contributed by atoms with E-state index in [-0.39, 0.29) is 0 Å². The fourth-order valence-electron chi connectivity index (χ4n) is 1.72. The van der Waals surface area contributed by atoms with E-state index in [2.05, 4.69) is 4.98 Å². The normalized spacial score (nSPS) is 10.4. The summed E-state index contributed by atoms with van der Waals surface area (Å²) in [6, 6.07) is 5.54. The molecule has 1 aromatic carbocycles. The van der Waals surface area contributed by atoms with Gasteiger partial charge in [-0.1, -0.05) is 6.07 Å². The summed E-state index contributed by atoms with van der Waals surface area (Å²) in [6.07, 6.45) is 0. The molecule has 0 spiro atoms. The second-order valence-electron chi connectivity index (χ2n) is 3.70.